The number of imidazole rings is 1. The second kappa shape index (κ2) is 5.73. The molecule has 1 N–H and O–H groups in total. The molecule has 5 heteroatoms. The standard InChI is InChI=1S/C18H21N3OS/c1-11(2)8-16-20-21-15(10-22)17(19-18(21)23-16)14-7-6-12-4-3-5-13(12)9-14/h6-7,9,11,22H,3-5,8,10H2,1-2H3. The summed E-state index contributed by atoms with van der Waals surface area (Å²) in [5.41, 5.74) is 5.65. The van der Waals surface area contributed by atoms with E-state index >= 15 is 0 Å². The maximum absolute atomic E-state index is 9.86. The van der Waals surface area contributed by atoms with Crippen molar-refractivity contribution in [2.24, 2.45) is 5.92 Å². The van der Waals surface area contributed by atoms with Crippen LogP contribution in [0.1, 0.15) is 42.1 Å². The fraction of sp³-hybridized carbons (Fsp3) is 0.444. The van der Waals surface area contributed by atoms with Crippen LogP contribution in [0.5, 0.6) is 0 Å². The monoisotopic (exact) mass is 327 g/mol. The van der Waals surface area contributed by atoms with Crippen LogP contribution in [0.15, 0.2) is 18.2 Å². The first-order valence-electron chi connectivity index (χ1n) is 8.26. The van der Waals surface area contributed by atoms with Crippen LogP contribution in [0, 0.1) is 5.92 Å². The number of nitrogens with zero attached hydrogens (tertiary/aromatic N) is 3. The molecular formula is C18H21N3OS. The minimum Gasteiger partial charge on any atom is -0.390 e. The molecule has 4 rings (SSSR count). The first-order chi connectivity index (χ1) is 11.2. The Morgan fingerprint density at radius 1 is 1.26 bits per heavy atom. The summed E-state index contributed by atoms with van der Waals surface area (Å²) in [6.07, 6.45) is 4.52. The summed E-state index contributed by atoms with van der Waals surface area (Å²) < 4.78 is 1.82. The summed E-state index contributed by atoms with van der Waals surface area (Å²) in [5.74, 6) is 0.569. The van der Waals surface area contributed by atoms with Gasteiger partial charge in [0.05, 0.1) is 18.0 Å². The topological polar surface area (TPSA) is 50.4 Å². The number of hydrogen-bond donors (Lipinski definition) is 1. The fourth-order valence-corrected chi connectivity index (χ4v) is 4.48. The van der Waals surface area contributed by atoms with E-state index in [1.165, 1.54) is 24.0 Å². The van der Waals surface area contributed by atoms with Crippen LogP contribution in [-0.4, -0.2) is 19.7 Å². The molecule has 1 aliphatic carbocycles. The molecule has 0 bridgehead atoms. The number of rotatable bonds is 4. The Hall–Kier alpha value is -1.72. The van der Waals surface area contributed by atoms with Gasteiger partial charge in [0.2, 0.25) is 4.96 Å². The number of aryl methyl sites for hydroxylation is 2. The molecule has 1 aliphatic rings. The molecule has 0 radical (unpaired) electrons. The van der Waals surface area contributed by atoms with E-state index in [-0.39, 0.29) is 6.61 Å². The Balaban J connectivity index is 1.79. The SMILES string of the molecule is CC(C)Cc1nn2c(CO)c(-c3ccc4c(c3)CCC4)nc2s1. The highest BCUT2D eigenvalue weighted by molar-refractivity contribution is 7.16. The predicted octanol–water partition coefficient (Wildman–Crippen LogP) is 3.64. The van der Waals surface area contributed by atoms with E-state index in [1.807, 2.05) is 4.52 Å². The lowest BCUT2D eigenvalue weighted by Gasteiger charge is -2.05. The van der Waals surface area contributed by atoms with Crippen molar-refractivity contribution >= 4 is 16.3 Å². The van der Waals surface area contributed by atoms with Crippen LogP contribution in [-0.2, 0) is 25.9 Å². The van der Waals surface area contributed by atoms with Gasteiger partial charge in [-0.3, -0.25) is 0 Å². The number of aliphatic hydroxyl groups is 1. The van der Waals surface area contributed by atoms with E-state index in [0.717, 1.165) is 39.8 Å². The van der Waals surface area contributed by atoms with Crippen molar-refractivity contribution in [2.75, 3.05) is 0 Å². The average molecular weight is 327 g/mol. The van der Waals surface area contributed by atoms with Crippen molar-refractivity contribution in [3.05, 3.63) is 40.0 Å². The number of hydrogen-bond acceptors (Lipinski definition) is 4. The zero-order valence-electron chi connectivity index (χ0n) is 13.5. The Morgan fingerprint density at radius 3 is 2.87 bits per heavy atom. The highest BCUT2D eigenvalue weighted by atomic mass is 32.1. The third kappa shape index (κ3) is 2.58. The molecule has 0 fully saturated rings. The van der Waals surface area contributed by atoms with E-state index in [0.29, 0.717) is 5.92 Å². The summed E-state index contributed by atoms with van der Waals surface area (Å²) in [4.78, 5) is 5.64. The van der Waals surface area contributed by atoms with Gasteiger partial charge in [0.15, 0.2) is 0 Å². The van der Waals surface area contributed by atoms with E-state index in [9.17, 15) is 5.11 Å². The lowest BCUT2D eigenvalue weighted by Crippen LogP contribution is -1.99. The van der Waals surface area contributed by atoms with Crippen LogP contribution in [0.4, 0.5) is 0 Å². The number of benzene rings is 1. The normalized spacial score (nSPS) is 14.1. The number of aliphatic hydroxyl groups excluding tert-OH is 1. The van der Waals surface area contributed by atoms with E-state index < -0.39 is 0 Å². The molecule has 3 aromatic rings. The smallest absolute Gasteiger partial charge is 0.213 e. The second-order valence-electron chi connectivity index (χ2n) is 6.69. The number of aromatic nitrogens is 3. The van der Waals surface area contributed by atoms with Crippen LogP contribution < -0.4 is 0 Å². The van der Waals surface area contributed by atoms with Crippen molar-refractivity contribution in [1.82, 2.24) is 14.6 Å². The Bertz CT molecular complexity index is 863. The summed E-state index contributed by atoms with van der Waals surface area (Å²) in [6.45, 7) is 4.33. The highest BCUT2D eigenvalue weighted by Gasteiger charge is 2.19. The summed E-state index contributed by atoms with van der Waals surface area (Å²) in [7, 11) is 0. The van der Waals surface area contributed by atoms with Crippen molar-refractivity contribution < 1.29 is 5.11 Å². The Labute approximate surface area is 139 Å². The van der Waals surface area contributed by atoms with Gasteiger partial charge in [-0.2, -0.15) is 5.10 Å². The third-order valence-corrected chi connectivity index (χ3v) is 5.37. The molecule has 1 aromatic carbocycles. The molecule has 0 saturated carbocycles. The molecule has 2 aromatic heterocycles. The average Bonchev–Trinajstić information content (AvgIpc) is 3.18. The summed E-state index contributed by atoms with van der Waals surface area (Å²) in [6, 6.07) is 6.58. The Morgan fingerprint density at radius 2 is 2.09 bits per heavy atom. The van der Waals surface area contributed by atoms with E-state index in [1.54, 1.807) is 11.3 Å². The molecule has 0 saturated heterocycles. The maximum atomic E-state index is 9.86. The second-order valence-corrected chi connectivity index (χ2v) is 7.73. The van der Waals surface area contributed by atoms with Crippen LogP contribution >= 0.6 is 11.3 Å². The van der Waals surface area contributed by atoms with Gasteiger partial charge in [0.1, 0.15) is 5.01 Å². The van der Waals surface area contributed by atoms with Gasteiger partial charge >= 0.3 is 0 Å². The maximum Gasteiger partial charge on any atom is 0.213 e. The first-order valence-corrected chi connectivity index (χ1v) is 9.07. The van der Waals surface area contributed by atoms with Crippen LogP contribution in [0.3, 0.4) is 0 Å². The van der Waals surface area contributed by atoms with Gasteiger partial charge in [0.25, 0.3) is 0 Å². The zero-order chi connectivity index (χ0) is 16.0. The molecule has 0 atom stereocenters. The molecule has 0 spiro atoms. The van der Waals surface area contributed by atoms with Crippen LogP contribution in [0.2, 0.25) is 0 Å². The lowest BCUT2D eigenvalue weighted by atomic mass is 10.0. The van der Waals surface area contributed by atoms with E-state index in [2.05, 4.69) is 37.1 Å². The minimum absolute atomic E-state index is 0.0432. The predicted molar refractivity (Wildman–Crippen MR) is 92.8 cm³/mol. The summed E-state index contributed by atoms with van der Waals surface area (Å²) >= 11 is 1.63. The van der Waals surface area contributed by atoms with Gasteiger partial charge in [-0.15, -0.1) is 0 Å². The summed E-state index contributed by atoms with van der Waals surface area (Å²) in [5, 5.41) is 15.6. The minimum atomic E-state index is -0.0432. The van der Waals surface area contributed by atoms with Crippen molar-refractivity contribution in [3.63, 3.8) is 0 Å². The molecule has 0 amide bonds. The molecule has 23 heavy (non-hydrogen) atoms. The molecule has 0 unspecified atom stereocenters. The fourth-order valence-electron chi connectivity index (χ4n) is 3.35. The zero-order valence-corrected chi connectivity index (χ0v) is 14.4. The highest BCUT2D eigenvalue weighted by Crippen LogP contribution is 2.31. The van der Waals surface area contributed by atoms with Crippen molar-refractivity contribution in [2.45, 2.75) is 46.1 Å². The van der Waals surface area contributed by atoms with Crippen LogP contribution in [0.25, 0.3) is 16.2 Å². The number of fused-ring (bicyclic) bond motifs is 2. The van der Waals surface area contributed by atoms with Gasteiger partial charge < -0.3 is 5.11 Å². The quantitative estimate of drug-likeness (QED) is 0.796. The van der Waals surface area contributed by atoms with Gasteiger partial charge in [-0.05, 0) is 42.4 Å². The first kappa shape index (κ1) is 14.8. The van der Waals surface area contributed by atoms with Gasteiger partial charge in [0, 0.05) is 12.0 Å². The Kier molecular flexibility index (Phi) is 3.70. The molecule has 4 nitrogen and oxygen atoms in total. The molecule has 0 aliphatic heterocycles. The molecule has 2 heterocycles. The largest absolute Gasteiger partial charge is 0.390 e. The van der Waals surface area contributed by atoms with Crippen molar-refractivity contribution in [1.29, 1.82) is 0 Å². The molecular weight excluding hydrogens is 306 g/mol. The third-order valence-electron chi connectivity index (χ3n) is 4.44. The van der Waals surface area contributed by atoms with Gasteiger partial charge in [-0.1, -0.05) is 37.3 Å². The van der Waals surface area contributed by atoms with Gasteiger partial charge in [-0.25, -0.2) is 9.50 Å². The van der Waals surface area contributed by atoms with E-state index in [4.69, 9.17) is 4.98 Å². The lowest BCUT2D eigenvalue weighted by molar-refractivity contribution is 0.275. The van der Waals surface area contributed by atoms with Crippen molar-refractivity contribution in [3.8, 4) is 11.3 Å². The molecule has 120 valence electrons.